The molecule has 2 fully saturated rings. The van der Waals surface area contributed by atoms with Gasteiger partial charge in [-0.25, -0.2) is 0 Å². The summed E-state index contributed by atoms with van der Waals surface area (Å²) in [5.74, 6) is 1.65. The normalized spacial score (nSPS) is 20.5. The molecular weight excluding hydrogens is 450 g/mol. The summed E-state index contributed by atoms with van der Waals surface area (Å²) in [6.45, 7) is 9.24. The number of carbonyl (C=O) groups is 1. The number of piperidine rings is 1. The average molecular weight is 486 g/mol. The fourth-order valence-corrected chi connectivity index (χ4v) is 6.13. The van der Waals surface area contributed by atoms with E-state index in [0.29, 0.717) is 12.6 Å². The molecule has 0 amide bonds. The number of hydrogen-bond acceptors (Lipinski definition) is 5. The van der Waals surface area contributed by atoms with E-state index in [9.17, 15) is 4.79 Å². The minimum absolute atomic E-state index is 0.0812. The van der Waals surface area contributed by atoms with E-state index in [4.69, 9.17) is 9.47 Å². The molecule has 1 N–H and O–H groups in total. The van der Waals surface area contributed by atoms with Crippen molar-refractivity contribution in [1.82, 2.24) is 9.88 Å². The van der Waals surface area contributed by atoms with Gasteiger partial charge in [-0.2, -0.15) is 0 Å². The summed E-state index contributed by atoms with van der Waals surface area (Å²) in [6.07, 6.45) is 5.38. The van der Waals surface area contributed by atoms with Crippen molar-refractivity contribution in [3.63, 3.8) is 0 Å². The van der Waals surface area contributed by atoms with Crippen LogP contribution in [0.3, 0.4) is 0 Å². The van der Waals surface area contributed by atoms with Crippen LogP contribution in [-0.2, 0) is 10.2 Å². The van der Waals surface area contributed by atoms with Crippen molar-refractivity contribution >= 4 is 22.9 Å². The molecule has 3 heterocycles. The van der Waals surface area contributed by atoms with Gasteiger partial charge in [0.2, 0.25) is 0 Å². The molecule has 0 unspecified atom stereocenters. The van der Waals surface area contributed by atoms with Crippen LogP contribution in [0, 0.1) is 5.92 Å². The summed E-state index contributed by atoms with van der Waals surface area (Å²) in [5, 5.41) is 0.971. The highest BCUT2D eigenvalue weighted by Crippen LogP contribution is 2.44. The first-order valence-corrected chi connectivity index (χ1v) is 13.2. The summed E-state index contributed by atoms with van der Waals surface area (Å²) in [5.41, 5.74) is 5.21. The van der Waals surface area contributed by atoms with E-state index < -0.39 is 0 Å². The van der Waals surface area contributed by atoms with Crippen molar-refractivity contribution in [2.24, 2.45) is 10.9 Å². The number of aromatic amines is 1. The Hall–Kier alpha value is -2.96. The molecule has 0 spiro atoms. The van der Waals surface area contributed by atoms with Gasteiger partial charge >= 0.3 is 0 Å². The second-order valence-electron chi connectivity index (χ2n) is 11.0. The number of H-pyrrole nitrogens is 1. The molecule has 1 aromatic heterocycles. The van der Waals surface area contributed by atoms with E-state index >= 15 is 0 Å². The fraction of sp³-hybridized carbons (Fsp3) is 0.467. The molecule has 0 atom stereocenters. The number of fused-ring (bicyclic) bond motifs is 4. The molecule has 0 saturated carbocycles. The van der Waals surface area contributed by atoms with Crippen molar-refractivity contribution in [3.8, 4) is 5.75 Å². The van der Waals surface area contributed by atoms with Crippen LogP contribution in [0.25, 0.3) is 10.9 Å². The molecule has 2 aromatic carbocycles. The van der Waals surface area contributed by atoms with Crippen molar-refractivity contribution < 1.29 is 14.3 Å². The highest BCUT2D eigenvalue weighted by Gasteiger charge is 2.40. The van der Waals surface area contributed by atoms with E-state index in [0.717, 1.165) is 70.2 Å². The molecule has 1 aliphatic carbocycles. The van der Waals surface area contributed by atoms with Gasteiger partial charge < -0.3 is 14.5 Å². The predicted octanol–water partition coefficient (Wildman–Crippen LogP) is 4.97. The van der Waals surface area contributed by atoms with Crippen LogP contribution in [0.5, 0.6) is 5.75 Å². The number of ether oxygens (including phenoxy) is 2. The lowest BCUT2D eigenvalue weighted by molar-refractivity contribution is -0.0742. The number of benzene rings is 2. The lowest BCUT2D eigenvalue weighted by atomic mass is 9.71. The van der Waals surface area contributed by atoms with Gasteiger partial charge in [0, 0.05) is 40.8 Å². The van der Waals surface area contributed by atoms with Gasteiger partial charge in [0.15, 0.2) is 5.78 Å². The lowest BCUT2D eigenvalue weighted by Crippen LogP contribution is -2.51. The Kier molecular flexibility index (Phi) is 5.97. The molecule has 6 nitrogen and oxygen atoms in total. The van der Waals surface area contributed by atoms with Crippen LogP contribution in [0.2, 0.25) is 0 Å². The van der Waals surface area contributed by atoms with Gasteiger partial charge in [-0.15, -0.1) is 0 Å². The van der Waals surface area contributed by atoms with E-state index in [-0.39, 0.29) is 11.2 Å². The first kappa shape index (κ1) is 23.4. The Morgan fingerprint density at radius 3 is 2.69 bits per heavy atom. The molecule has 36 heavy (non-hydrogen) atoms. The number of likely N-dealkylation sites (tertiary alicyclic amines) is 1. The predicted molar refractivity (Wildman–Crippen MR) is 143 cm³/mol. The molecule has 0 bridgehead atoms. The van der Waals surface area contributed by atoms with Gasteiger partial charge in [-0.1, -0.05) is 26.0 Å². The van der Waals surface area contributed by atoms with Crippen LogP contribution in [0.1, 0.15) is 65.9 Å². The molecule has 2 aliphatic heterocycles. The third kappa shape index (κ3) is 3.97. The second-order valence-corrected chi connectivity index (χ2v) is 11.0. The highest BCUT2D eigenvalue weighted by molar-refractivity contribution is 6.20. The summed E-state index contributed by atoms with van der Waals surface area (Å²) >= 11 is 0. The van der Waals surface area contributed by atoms with Crippen molar-refractivity contribution in [1.29, 1.82) is 0 Å². The van der Waals surface area contributed by atoms with Crippen molar-refractivity contribution in [2.75, 3.05) is 40.0 Å². The van der Waals surface area contributed by atoms with Crippen molar-refractivity contribution in [3.05, 3.63) is 64.3 Å². The number of nitrogens with zero attached hydrogens (tertiary/aromatic N) is 2. The van der Waals surface area contributed by atoms with Gasteiger partial charge in [-0.05, 0) is 73.7 Å². The summed E-state index contributed by atoms with van der Waals surface area (Å²) in [6, 6.07) is 12.7. The average Bonchev–Trinajstić information content (AvgIpc) is 3.23. The fourth-order valence-electron chi connectivity index (χ4n) is 6.13. The van der Waals surface area contributed by atoms with E-state index in [1.807, 2.05) is 30.5 Å². The Morgan fingerprint density at radius 2 is 1.97 bits per heavy atom. The van der Waals surface area contributed by atoms with Crippen molar-refractivity contribution in [2.45, 2.75) is 44.6 Å². The molecule has 6 heteroatoms. The third-order valence-electron chi connectivity index (χ3n) is 8.44. The standard InChI is InChI=1S/C30H35N3O3/c1-30(2)25-15-22(36-13-10-19-8-11-33(12-9-19)21-17-35-18-21)5-7-23(25)28(34)27-24-6-4-20(16-31-3)14-26(24)32-29(27)30/h4-7,14-16,19,21,32H,8-13,17-18H2,1-3H3/b31-16-. The topological polar surface area (TPSA) is 66.9 Å². The number of aromatic nitrogens is 1. The van der Waals surface area contributed by atoms with Gasteiger partial charge in [0.05, 0.1) is 31.4 Å². The van der Waals surface area contributed by atoms with E-state index in [1.54, 1.807) is 7.05 Å². The Balaban J connectivity index is 1.18. The zero-order chi connectivity index (χ0) is 24.9. The Bertz CT molecular complexity index is 1330. The number of carbonyl (C=O) groups excluding carboxylic acids is 1. The largest absolute Gasteiger partial charge is 0.494 e. The van der Waals surface area contributed by atoms with Crippen LogP contribution in [0.15, 0.2) is 41.4 Å². The number of aliphatic imine (C=N–C) groups is 1. The second kappa shape index (κ2) is 9.16. The molecular formula is C30H35N3O3. The summed E-state index contributed by atoms with van der Waals surface area (Å²) in [4.78, 5) is 23.9. The zero-order valence-corrected chi connectivity index (χ0v) is 21.5. The molecule has 3 aromatic rings. The van der Waals surface area contributed by atoms with Gasteiger partial charge in [-0.3, -0.25) is 14.7 Å². The molecule has 188 valence electrons. The third-order valence-corrected chi connectivity index (χ3v) is 8.44. The maximum Gasteiger partial charge on any atom is 0.195 e. The first-order chi connectivity index (χ1) is 17.5. The zero-order valence-electron chi connectivity index (χ0n) is 21.5. The Morgan fingerprint density at radius 1 is 1.17 bits per heavy atom. The number of nitrogens with one attached hydrogen (secondary N) is 1. The maximum atomic E-state index is 13.6. The quantitative estimate of drug-likeness (QED) is 0.501. The SMILES string of the molecule is C/N=C\c1ccc2c3c([nH]c2c1)C(C)(C)c1cc(OCCC2CCN(C4COC4)CC2)ccc1C3=O. The summed E-state index contributed by atoms with van der Waals surface area (Å²) < 4.78 is 11.6. The van der Waals surface area contributed by atoms with Crippen LogP contribution in [0.4, 0.5) is 0 Å². The maximum absolute atomic E-state index is 13.6. The van der Waals surface area contributed by atoms with E-state index in [1.165, 1.54) is 25.9 Å². The molecule has 2 saturated heterocycles. The van der Waals surface area contributed by atoms with Gasteiger partial charge in [0.1, 0.15) is 5.75 Å². The minimum Gasteiger partial charge on any atom is -0.494 e. The van der Waals surface area contributed by atoms with Crippen LogP contribution < -0.4 is 4.74 Å². The smallest absolute Gasteiger partial charge is 0.195 e. The van der Waals surface area contributed by atoms with E-state index in [2.05, 4.69) is 40.9 Å². The molecule has 3 aliphatic rings. The lowest BCUT2D eigenvalue weighted by Gasteiger charge is -2.41. The first-order valence-electron chi connectivity index (χ1n) is 13.2. The Labute approximate surface area is 212 Å². The number of ketones is 1. The highest BCUT2D eigenvalue weighted by atomic mass is 16.5. The number of rotatable bonds is 6. The molecule has 6 rings (SSSR count). The van der Waals surface area contributed by atoms with Gasteiger partial charge in [0.25, 0.3) is 0 Å². The monoisotopic (exact) mass is 485 g/mol. The molecule has 0 radical (unpaired) electrons. The minimum atomic E-state index is -0.339. The van der Waals surface area contributed by atoms with Crippen LogP contribution >= 0.6 is 0 Å². The van der Waals surface area contributed by atoms with Crippen LogP contribution in [-0.4, -0.2) is 67.9 Å². The number of hydrogen-bond donors (Lipinski definition) is 1. The summed E-state index contributed by atoms with van der Waals surface area (Å²) in [7, 11) is 1.77.